The van der Waals surface area contributed by atoms with Gasteiger partial charge in [0.05, 0.1) is 12.9 Å². The van der Waals surface area contributed by atoms with E-state index in [0.29, 0.717) is 0 Å². The number of carbonyl (C=O) groups is 1. The van der Waals surface area contributed by atoms with E-state index < -0.39 is 0 Å². The van der Waals surface area contributed by atoms with Crippen molar-refractivity contribution in [2.75, 3.05) is 18.2 Å². The maximum absolute atomic E-state index is 12.4. The molecule has 0 spiro atoms. The van der Waals surface area contributed by atoms with Crippen LogP contribution in [-0.2, 0) is 24.7 Å². The fourth-order valence-corrected chi connectivity index (χ4v) is 4.63. The van der Waals surface area contributed by atoms with Crippen molar-refractivity contribution in [2.24, 2.45) is 7.05 Å². The second kappa shape index (κ2) is 11.0. The van der Waals surface area contributed by atoms with Crippen molar-refractivity contribution in [3.05, 3.63) is 62.9 Å². The summed E-state index contributed by atoms with van der Waals surface area (Å²) in [7, 11) is 3.65. The van der Waals surface area contributed by atoms with Crippen LogP contribution in [0.1, 0.15) is 34.5 Å². The number of nitrogens with one attached hydrogen (secondary N) is 1. The Morgan fingerprint density at radius 1 is 1.12 bits per heavy atom. The molecule has 6 nitrogen and oxygen atoms in total. The van der Waals surface area contributed by atoms with Crippen LogP contribution in [-0.4, -0.2) is 33.5 Å². The topological polar surface area (TPSA) is 69.0 Å². The molecule has 0 bridgehead atoms. The van der Waals surface area contributed by atoms with Gasteiger partial charge < -0.3 is 14.6 Å². The van der Waals surface area contributed by atoms with Crippen molar-refractivity contribution in [2.45, 2.75) is 45.2 Å². The van der Waals surface area contributed by atoms with E-state index in [1.165, 1.54) is 17.3 Å². The summed E-state index contributed by atoms with van der Waals surface area (Å²) < 4.78 is 8.34. The van der Waals surface area contributed by atoms with Crippen molar-refractivity contribution < 1.29 is 9.53 Å². The number of aromatic nitrogens is 3. The van der Waals surface area contributed by atoms with Crippen LogP contribution >= 0.6 is 27.7 Å². The minimum absolute atomic E-state index is 0.0563. The first-order chi connectivity index (χ1) is 15.3. The Bertz CT molecular complexity index is 1110. The molecule has 2 aromatic carbocycles. The number of anilines is 1. The van der Waals surface area contributed by atoms with E-state index in [-0.39, 0.29) is 11.7 Å². The van der Waals surface area contributed by atoms with Crippen LogP contribution in [0.15, 0.2) is 40.0 Å². The molecule has 8 heteroatoms. The molecule has 0 saturated heterocycles. The quantitative estimate of drug-likeness (QED) is 0.384. The first kappa shape index (κ1) is 24.3. The lowest BCUT2D eigenvalue weighted by atomic mass is 10.0. The Morgan fingerprint density at radius 3 is 2.62 bits per heavy atom. The van der Waals surface area contributed by atoms with E-state index in [1.807, 2.05) is 43.7 Å². The molecular formula is C24H29BrN4O2S. The van der Waals surface area contributed by atoms with Gasteiger partial charge >= 0.3 is 0 Å². The minimum atomic E-state index is -0.0563. The number of ether oxygens (including phenoxy) is 1. The highest BCUT2D eigenvalue weighted by Gasteiger charge is 2.13. The molecule has 0 unspecified atom stereocenters. The zero-order valence-electron chi connectivity index (χ0n) is 19.2. The summed E-state index contributed by atoms with van der Waals surface area (Å²) in [5.74, 6) is 2.07. The Morgan fingerprint density at radius 2 is 1.91 bits per heavy atom. The van der Waals surface area contributed by atoms with Gasteiger partial charge in [0.1, 0.15) is 11.6 Å². The number of rotatable bonds is 9. The third-order valence-corrected chi connectivity index (χ3v) is 7.46. The maximum Gasteiger partial charge on any atom is 0.234 e. The van der Waals surface area contributed by atoms with E-state index in [4.69, 9.17) is 4.74 Å². The van der Waals surface area contributed by atoms with Gasteiger partial charge in [-0.2, -0.15) is 0 Å². The molecule has 0 aliphatic heterocycles. The van der Waals surface area contributed by atoms with Crippen LogP contribution in [0.5, 0.6) is 5.75 Å². The molecule has 1 amide bonds. The van der Waals surface area contributed by atoms with Crippen LogP contribution in [0.3, 0.4) is 0 Å². The van der Waals surface area contributed by atoms with Gasteiger partial charge in [-0.25, -0.2) is 0 Å². The lowest BCUT2D eigenvalue weighted by Crippen LogP contribution is -2.15. The van der Waals surface area contributed by atoms with E-state index in [2.05, 4.69) is 50.5 Å². The lowest BCUT2D eigenvalue weighted by Gasteiger charge is -2.11. The molecule has 1 aromatic heterocycles. The van der Waals surface area contributed by atoms with Crippen molar-refractivity contribution in [1.82, 2.24) is 14.8 Å². The number of halogens is 1. The lowest BCUT2D eigenvalue weighted by molar-refractivity contribution is -0.113. The summed E-state index contributed by atoms with van der Waals surface area (Å²) in [6.07, 6.45) is 2.78. The number of nitrogens with zero attached hydrogens (tertiary/aromatic N) is 3. The predicted molar refractivity (Wildman–Crippen MR) is 134 cm³/mol. The number of amides is 1. The molecule has 0 saturated carbocycles. The number of carbonyl (C=O) groups excluding carboxylic acids is 1. The Kier molecular flexibility index (Phi) is 8.37. The van der Waals surface area contributed by atoms with Gasteiger partial charge in [-0.15, -0.1) is 10.2 Å². The number of benzene rings is 2. The molecular weight excluding hydrogens is 488 g/mol. The average Bonchev–Trinajstić information content (AvgIpc) is 3.12. The van der Waals surface area contributed by atoms with Gasteiger partial charge in [-0.1, -0.05) is 39.8 Å². The summed E-state index contributed by atoms with van der Waals surface area (Å²) in [6.45, 7) is 6.09. The monoisotopic (exact) mass is 516 g/mol. The number of thioether (sulfide) groups is 1. The summed E-state index contributed by atoms with van der Waals surface area (Å²) in [5.41, 5.74) is 5.46. The van der Waals surface area contributed by atoms with E-state index in [1.54, 1.807) is 7.11 Å². The molecule has 0 aliphatic carbocycles. The largest absolute Gasteiger partial charge is 0.496 e. The van der Waals surface area contributed by atoms with Crippen LogP contribution in [0.25, 0.3) is 0 Å². The maximum atomic E-state index is 12.4. The first-order valence-corrected chi connectivity index (χ1v) is 12.3. The first-order valence-electron chi connectivity index (χ1n) is 10.5. The van der Waals surface area contributed by atoms with Crippen molar-refractivity contribution in [3.8, 4) is 5.75 Å². The highest BCUT2D eigenvalue weighted by atomic mass is 79.9. The van der Waals surface area contributed by atoms with Gasteiger partial charge in [0.15, 0.2) is 5.16 Å². The van der Waals surface area contributed by atoms with Crippen molar-refractivity contribution in [1.29, 1.82) is 0 Å². The summed E-state index contributed by atoms with van der Waals surface area (Å²) in [5, 5.41) is 12.3. The zero-order chi connectivity index (χ0) is 23.3. The van der Waals surface area contributed by atoms with E-state index >= 15 is 0 Å². The molecule has 0 atom stereocenters. The number of hydrogen-bond acceptors (Lipinski definition) is 5. The molecule has 3 rings (SSSR count). The van der Waals surface area contributed by atoms with Crippen LogP contribution in [0.4, 0.5) is 5.69 Å². The fraction of sp³-hybridized carbons (Fsp3) is 0.375. The number of aryl methyl sites for hydroxylation is 3. The minimum Gasteiger partial charge on any atom is -0.496 e. The molecule has 0 fully saturated rings. The molecule has 1 heterocycles. The van der Waals surface area contributed by atoms with Gasteiger partial charge in [0, 0.05) is 23.6 Å². The highest BCUT2D eigenvalue weighted by molar-refractivity contribution is 9.10. The normalized spacial score (nSPS) is 10.9. The predicted octanol–water partition coefficient (Wildman–Crippen LogP) is 5.42. The van der Waals surface area contributed by atoms with Gasteiger partial charge in [0.25, 0.3) is 0 Å². The van der Waals surface area contributed by atoms with Crippen LogP contribution < -0.4 is 10.1 Å². The Balaban J connectivity index is 1.51. The smallest absolute Gasteiger partial charge is 0.234 e. The summed E-state index contributed by atoms with van der Waals surface area (Å²) in [4.78, 5) is 12.4. The highest BCUT2D eigenvalue weighted by Crippen LogP contribution is 2.26. The second-order valence-corrected chi connectivity index (χ2v) is 9.59. The molecule has 1 N–H and O–H groups in total. The molecule has 0 aliphatic rings. The van der Waals surface area contributed by atoms with E-state index in [9.17, 15) is 4.79 Å². The second-order valence-electron chi connectivity index (χ2n) is 7.80. The Hall–Kier alpha value is -2.32. The third kappa shape index (κ3) is 5.92. The van der Waals surface area contributed by atoms with Gasteiger partial charge in [0.2, 0.25) is 5.91 Å². The molecule has 0 radical (unpaired) electrons. The van der Waals surface area contributed by atoms with Crippen molar-refractivity contribution in [3.63, 3.8) is 0 Å². The van der Waals surface area contributed by atoms with Crippen molar-refractivity contribution >= 4 is 39.3 Å². The van der Waals surface area contributed by atoms with Gasteiger partial charge in [-0.05, 0) is 74.1 Å². The zero-order valence-corrected chi connectivity index (χ0v) is 21.6. The number of methoxy groups -OCH3 is 1. The standard InChI is InChI=1S/C24H29BrN4O2S/c1-15-13-18(9-12-21(15)31-5)7-6-8-22-27-28-24(29(22)4)32-14-23(30)26-20-11-10-19(25)16(2)17(20)3/h9-13H,6-8,14H2,1-5H3,(H,26,30). The van der Waals surface area contributed by atoms with Crippen LogP contribution in [0, 0.1) is 20.8 Å². The molecule has 170 valence electrons. The average molecular weight is 517 g/mol. The molecule has 3 aromatic rings. The van der Waals surface area contributed by atoms with E-state index in [0.717, 1.165) is 62.8 Å². The summed E-state index contributed by atoms with van der Waals surface area (Å²) in [6, 6.07) is 10.2. The number of hydrogen-bond donors (Lipinski definition) is 1. The fourth-order valence-electron chi connectivity index (χ4n) is 3.47. The van der Waals surface area contributed by atoms with Gasteiger partial charge in [-0.3, -0.25) is 4.79 Å². The Labute approximate surface area is 202 Å². The van der Waals surface area contributed by atoms with Crippen LogP contribution in [0.2, 0.25) is 0 Å². The third-order valence-electron chi connectivity index (χ3n) is 5.58. The molecule has 32 heavy (non-hydrogen) atoms. The summed E-state index contributed by atoms with van der Waals surface area (Å²) >= 11 is 4.92. The SMILES string of the molecule is COc1ccc(CCCc2nnc(SCC(=O)Nc3ccc(Br)c(C)c3C)n2C)cc1C.